The summed E-state index contributed by atoms with van der Waals surface area (Å²) >= 11 is 0. The number of aromatic nitrogens is 4. The van der Waals surface area contributed by atoms with E-state index in [1.807, 2.05) is 13.8 Å². The highest BCUT2D eigenvalue weighted by Gasteiger charge is 2.32. The summed E-state index contributed by atoms with van der Waals surface area (Å²) in [6.07, 6.45) is 2.55. The van der Waals surface area contributed by atoms with E-state index in [-0.39, 0.29) is 0 Å². The van der Waals surface area contributed by atoms with E-state index in [1.54, 1.807) is 0 Å². The highest BCUT2D eigenvalue weighted by Crippen LogP contribution is 2.39. The number of nitrogens with zero attached hydrogens (tertiary/aromatic N) is 5. The van der Waals surface area contributed by atoms with Gasteiger partial charge in [-0.3, -0.25) is 4.90 Å². The topological polar surface area (TPSA) is 60.0 Å². The monoisotopic (exact) mass is 273 g/mol. The van der Waals surface area contributed by atoms with Crippen molar-refractivity contribution in [3.05, 3.63) is 29.0 Å². The van der Waals surface area contributed by atoms with Gasteiger partial charge in [-0.1, -0.05) is 0 Å². The predicted octanol–water partition coefficient (Wildman–Crippen LogP) is 1.78. The molecule has 0 amide bonds. The highest BCUT2D eigenvalue weighted by atomic mass is 16.4. The number of hydrogen-bond donors (Lipinski definition) is 0. The lowest BCUT2D eigenvalue weighted by molar-refractivity contribution is 0.188. The Balaban J connectivity index is 1.49. The zero-order chi connectivity index (χ0) is 13.7. The Hall–Kier alpha value is -1.69. The molecule has 6 heteroatoms. The first-order valence-corrected chi connectivity index (χ1v) is 7.28. The molecular formula is C14H19N5O. The normalized spacial score (nSPS) is 19.3. The van der Waals surface area contributed by atoms with Crippen LogP contribution in [0.15, 0.2) is 4.42 Å². The van der Waals surface area contributed by atoms with Crippen LogP contribution in [-0.2, 0) is 19.6 Å². The molecule has 3 heterocycles. The minimum absolute atomic E-state index is 0.667. The molecule has 0 N–H and O–H groups in total. The predicted molar refractivity (Wildman–Crippen MR) is 72.1 cm³/mol. The van der Waals surface area contributed by atoms with E-state index < -0.39 is 0 Å². The summed E-state index contributed by atoms with van der Waals surface area (Å²) in [5.74, 6) is 4.66. The quantitative estimate of drug-likeness (QED) is 0.853. The lowest BCUT2D eigenvalue weighted by Gasteiger charge is -2.26. The van der Waals surface area contributed by atoms with Crippen molar-refractivity contribution in [1.82, 2.24) is 24.6 Å². The largest absolute Gasteiger partial charge is 0.444 e. The molecule has 2 aromatic rings. The van der Waals surface area contributed by atoms with Gasteiger partial charge < -0.3 is 8.98 Å². The fraction of sp³-hybridized carbons (Fsp3) is 0.643. The van der Waals surface area contributed by atoms with Crippen molar-refractivity contribution < 1.29 is 4.42 Å². The molecule has 1 saturated carbocycles. The summed E-state index contributed by atoms with van der Waals surface area (Å²) in [5, 5.41) is 8.72. The summed E-state index contributed by atoms with van der Waals surface area (Å²) in [4.78, 5) is 6.78. The third kappa shape index (κ3) is 2.04. The number of hydrogen-bond acceptors (Lipinski definition) is 5. The van der Waals surface area contributed by atoms with E-state index >= 15 is 0 Å². The maximum absolute atomic E-state index is 5.66. The Morgan fingerprint density at radius 2 is 2.05 bits per heavy atom. The molecule has 0 atom stereocenters. The molecule has 2 aromatic heterocycles. The van der Waals surface area contributed by atoms with Crippen LogP contribution in [0, 0.1) is 13.8 Å². The van der Waals surface area contributed by atoms with E-state index in [0.29, 0.717) is 5.92 Å². The SMILES string of the molecule is Cc1nc(CN2CCn3c(nnc3C3CC3)C2)oc1C. The lowest BCUT2D eigenvalue weighted by atomic mass is 10.3. The number of rotatable bonds is 3. The van der Waals surface area contributed by atoms with Crippen LogP contribution in [0.3, 0.4) is 0 Å². The van der Waals surface area contributed by atoms with Gasteiger partial charge in [0.25, 0.3) is 0 Å². The van der Waals surface area contributed by atoms with E-state index in [2.05, 4.69) is 24.6 Å². The van der Waals surface area contributed by atoms with E-state index in [1.165, 1.54) is 18.7 Å². The molecule has 0 bridgehead atoms. The Morgan fingerprint density at radius 3 is 2.75 bits per heavy atom. The first-order valence-electron chi connectivity index (χ1n) is 7.28. The van der Waals surface area contributed by atoms with Crippen LogP contribution in [-0.4, -0.2) is 31.2 Å². The van der Waals surface area contributed by atoms with Crippen LogP contribution < -0.4 is 0 Å². The van der Waals surface area contributed by atoms with Gasteiger partial charge >= 0.3 is 0 Å². The van der Waals surface area contributed by atoms with E-state index in [0.717, 1.165) is 49.3 Å². The zero-order valence-electron chi connectivity index (χ0n) is 12.0. The van der Waals surface area contributed by atoms with Crippen molar-refractivity contribution in [3.8, 4) is 0 Å². The smallest absolute Gasteiger partial charge is 0.208 e. The standard InChI is InChI=1S/C14H19N5O/c1-9-10(2)20-13(15-9)8-18-5-6-19-12(7-18)16-17-14(19)11-3-4-11/h11H,3-8H2,1-2H3. The Bertz CT molecular complexity index is 621. The number of oxazole rings is 1. The van der Waals surface area contributed by atoms with Crippen molar-refractivity contribution in [2.24, 2.45) is 0 Å². The van der Waals surface area contributed by atoms with Gasteiger partial charge in [0, 0.05) is 19.0 Å². The fourth-order valence-corrected chi connectivity index (χ4v) is 2.81. The third-order valence-corrected chi connectivity index (χ3v) is 4.24. The summed E-state index contributed by atoms with van der Waals surface area (Å²) in [6.45, 7) is 7.51. The summed E-state index contributed by atoms with van der Waals surface area (Å²) in [6, 6.07) is 0. The molecule has 0 spiro atoms. The van der Waals surface area contributed by atoms with Gasteiger partial charge in [-0.25, -0.2) is 4.98 Å². The maximum Gasteiger partial charge on any atom is 0.208 e. The average Bonchev–Trinajstić information content (AvgIpc) is 3.11. The van der Waals surface area contributed by atoms with Gasteiger partial charge in [0.2, 0.25) is 5.89 Å². The van der Waals surface area contributed by atoms with E-state index in [4.69, 9.17) is 4.42 Å². The van der Waals surface area contributed by atoms with Crippen LogP contribution in [0.4, 0.5) is 0 Å². The minimum Gasteiger partial charge on any atom is -0.444 e. The summed E-state index contributed by atoms with van der Waals surface area (Å²) in [7, 11) is 0. The zero-order valence-corrected chi connectivity index (χ0v) is 12.0. The van der Waals surface area contributed by atoms with Gasteiger partial charge in [0.15, 0.2) is 0 Å². The lowest BCUT2D eigenvalue weighted by Crippen LogP contribution is -2.34. The summed E-state index contributed by atoms with van der Waals surface area (Å²) in [5.41, 5.74) is 0.983. The Morgan fingerprint density at radius 1 is 1.20 bits per heavy atom. The third-order valence-electron chi connectivity index (χ3n) is 4.24. The first-order chi connectivity index (χ1) is 9.70. The van der Waals surface area contributed by atoms with Gasteiger partial charge in [-0.2, -0.15) is 0 Å². The van der Waals surface area contributed by atoms with Crippen molar-refractivity contribution in [2.75, 3.05) is 6.54 Å². The molecule has 1 fully saturated rings. The molecule has 20 heavy (non-hydrogen) atoms. The van der Waals surface area contributed by atoms with Gasteiger partial charge in [0.1, 0.15) is 17.4 Å². The van der Waals surface area contributed by atoms with Gasteiger partial charge in [-0.15, -0.1) is 10.2 Å². The van der Waals surface area contributed by atoms with Crippen molar-refractivity contribution in [3.63, 3.8) is 0 Å². The summed E-state index contributed by atoms with van der Waals surface area (Å²) < 4.78 is 7.97. The van der Waals surface area contributed by atoms with E-state index in [9.17, 15) is 0 Å². The van der Waals surface area contributed by atoms with Crippen LogP contribution in [0.2, 0.25) is 0 Å². The molecule has 0 saturated heterocycles. The molecule has 1 aliphatic carbocycles. The number of aryl methyl sites for hydroxylation is 2. The van der Waals surface area contributed by atoms with Crippen molar-refractivity contribution in [2.45, 2.75) is 52.2 Å². The van der Waals surface area contributed by atoms with Crippen molar-refractivity contribution >= 4 is 0 Å². The molecule has 0 unspecified atom stereocenters. The van der Waals surface area contributed by atoms with Crippen LogP contribution in [0.25, 0.3) is 0 Å². The molecule has 6 nitrogen and oxygen atoms in total. The minimum atomic E-state index is 0.667. The molecule has 2 aliphatic rings. The van der Waals surface area contributed by atoms with Gasteiger partial charge in [0.05, 0.1) is 18.8 Å². The second kappa shape index (κ2) is 4.41. The fourth-order valence-electron chi connectivity index (χ4n) is 2.81. The second-order valence-electron chi connectivity index (χ2n) is 5.86. The molecule has 1 aliphatic heterocycles. The second-order valence-corrected chi connectivity index (χ2v) is 5.86. The Kier molecular flexibility index (Phi) is 2.66. The maximum atomic E-state index is 5.66. The highest BCUT2D eigenvalue weighted by molar-refractivity contribution is 5.10. The number of fused-ring (bicyclic) bond motifs is 1. The van der Waals surface area contributed by atoms with Crippen LogP contribution in [0.1, 0.15) is 47.8 Å². The van der Waals surface area contributed by atoms with Crippen LogP contribution in [0.5, 0.6) is 0 Å². The van der Waals surface area contributed by atoms with Crippen molar-refractivity contribution in [1.29, 1.82) is 0 Å². The Labute approximate surface area is 117 Å². The molecule has 0 aromatic carbocycles. The average molecular weight is 273 g/mol. The molecule has 106 valence electrons. The molecule has 0 radical (unpaired) electrons. The molecule has 4 rings (SSSR count). The van der Waals surface area contributed by atoms with Gasteiger partial charge in [-0.05, 0) is 26.7 Å². The first kappa shape index (κ1) is 12.1. The molecular weight excluding hydrogens is 254 g/mol. The van der Waals surface area contributed by atoms with Crippen LogP contribution >= 0.6 is 0 Å².